The number of aromatic nitrogens is 1. The number of nitrogens with one attached hydrogen (secondary N) is 1. The number of hydrogen-bond donors (Lipinski definition) is 1. The van der Waals surface area contributed by atoms with Gasteiger partial charge in [0, 0.05) is 19.2 Å². The van der Waals surface area contributed by atoms with E-state index in [0.717, 1.165) is 12.8 Å². The Morgan fingerprint density at radius 2 is 2.05 bits per heavy atom. The highest BCUT2D eigenvalue weighted by Gasteiger charge is 2.40. The Bertz CT molecular complexity index is 453. The zero-order chi connectivity index (χ0) is 13.3. The lowest BCUT2D eigenvalue weighted by atomic mass is 9.69. The molecule has 1 aromatic heterocycles. The first-order valence-corrected chi connectivity index (χ1v) is 7.16. The number of methoxy groups -OCH3 is 1. The van der Waals surface area contributed by atoms with E-state index in [-0.39, 0.29) is 6.10 Å². The molecule has 104 valence electrons. The van der Waals surface area contributed by atoms with Crippen LogP contribution < -0.4 is 14.8 Å². The van der Waals surface area contributed by atoms with E-state index < -0.39 is 0 Å². The van der Waals surface area contributed by atoms with Crippen LogP contribution in [0.4, 0.5) is 0 Å². The second-order valence-corrected chi connectivity index (χ2v) is 5.97. The summed E-state index contributed by atoms with van der Waals surface area (Å²) in [6.45, 7) is 2.35. The summed E-state index contributed by atoms with van der Waals surface area (Å²) in [4.78, 5) is 4.27. The lowest BCUT2D eigenvalue weighted by Gasteiger charge is -2.47. The van der Waals surface area contributed by atoms with Crippen molar-refractivity contribution in [2.24, 2.45) is 5.41 Å². The van der Waals surface area contributed by atoms with Crippen LogP contribution in [0.25, 0.3) is 0 Å². The lowest BCUT2D eigenvalue weighted by molar-refractivity contribution is 0.0400. The van der Waals surface area contributed by atoms with Crippen molar-refractivity contribution in [2.45, 2.75) is 31.8 Å². The van der Waals surface area contributed by atoms with Gasteiger partial charge in [0.25, 0.3) is 0 Å². The molecule has 1 saturated carbocycles. The Hall–Kier alpha value is -1.00. The molecule has 2 fully saturated rings. The summed E-state index contributed by atoms with van der Waals surface area (Å²) < 4.78 is 11.0. The van der Waals surface area contributed by atoms with Gasteiger partial charge < -0.3 is 14.8 Å². The minimum absolute atomic E-state index is 0.268. The van der Waals surface area contributed by atoms with E-state index in [0.29, 0.717) is 22.2 Å². The number of halogens is 1. The highest BCUT2D eigenvalue weighted by atomic mass is 35.5. The van der Waals surface area contributed by atoms with Crippen molar-refractivity contribution in [3.05, 3.63) is 17.2 Å². The molecule has 0 radical (unpaired) electrons. The summed E-state index contributed by atoms with van der Waals surface area (Å²) in [5, 5.41) is 3.89. The third-order valence-electron chi connectivity index (χ3n) is 4.26. The van der Waals surface area contributed by atoms with E-state index in [1.165, 1.54) is 25.9 Å². The SMILES string of the molecule is COc1nc(OC2CCC3(CC2)CNC3)ccc1Cl. The van der Waals surface area contributed by atoms with Crippen LogP contribution in [0.1, 0.15) is 25.7 Å². The topological polar surface area (TPSA) is 43.4 Å². The molecule has 5 heteroatoms. The minimum Gasteiger partial charge on any atom is -0.480 e. The summed E-state index contributed by atoms with van der Waals surface area (Å²) in [7, 11) is 1.56. The zero-order valence-corrected chi connectivity index (χ0v) is 11.9. The number of nitrogens with zero attached hydrogens (tertiary/aromatic N) is 1. The summed E-state index contributed by atoms with van der Waals surface area (Å²) in [5.74, 6) is 1.03. The molecule has 1 aliphatic carbocycles. The smallest absolute Gasteiger partial charge is 0.235 e. The molecule has 4 nitrogen and oxygen atoms in total. The number of pyridine rings is 1. The molecule has 0 atom stereocenters. The molecular weight excluding hydrogens is 264 g/mol. The Balaban J connectivity index is 1.59. The number of ether oxygens (including phenoxy) is 2. The van der Waals surface area contributed by atoms with Crippen molar-refractivity contribution < 1.29 is 9.47 Å². The van der Waals surface area contributed by atoms with E-state index in [1.807, 2.05) is 0 Å². The Labute approximate surface area is 118 Å². The summed E-state index contributed by atoms with van der Waals surface area (Å²) in [6, 6.07) is 3.57. The van der Waals surface area contributed by atoms with Gasteiger partial charge in [0.05, 0.1) is 7.11 Å². The van der Waals surface area contributed by atoms with Crippen LogP contribution in [0, 0.1) is 5.41 Å². The van der Waals surface area contributed by atoms with Gasteiger partial charge in [0.1, 0.15) is 11.1 Å². The highest BCUT2D eigenvalue weighted by Crippen LogP contribution is 2.40. The molecule has 0 unspecified atom stereocenters. The van der Waals surface area contributed by atoms with Gasteiger partial charge in [-0.2, -0.15) is 4.98 Å². The summed E-state index contributed by atoms with van der Waals surface area (Å²) in [5.41, 5.74) is 0.560. The molecule has 19 heavy (non-hydrogen) atoms. The first-order chi connectivity index (χ1) is 9.21. The zero-order valence-electron chi connectivity index (χ0n) is 11.1. The second kappa shape index (κ2) is 5.17. The average molecular weight is 283 g/mol. The van der Waals surface area contributed by atoms with Crippen LogP contribution in [0.3, 0.4) is 0 Å². The van der Waals surface area contributed by atoms with E-state index in [1.54, 1.807) is 19.2 Å². The number of hydrogen-bond acceptors (Lipinski definition) is 4. The van der Waals surface area contributed by atoms with Crippen LogP contribution in [-0.2, 0) is 0 Å². The maximum Gasteiger partial charge on any atom is 0.235 e. The van der Waals surface area contributed by atoms with Crippen molar-refractivity contribution in [1.29, 1.82) is 0 Å². The van der Waals surface area contributed by atoms with Crippen LogP contribution in [0.5, 0.6) is 11.8 Å². The van der Waals surface area contributed by atoms with Crippen LogP contribution in [-0.4, -0.2) is 31.3 Å². The van der Waals surface area contributed by atoms with Crippen molar-refractivity contribution in [3.63, 3.8) is 0 Å². The van der Waals surface area contributed by atoms with Crippen molar-refractivity contribution >= 4 is 11.6 Å². The van der Waals surface area contributed by atoms with E-state index in [9.17, 15) is 0 Å². The van der Waals surface area contributed by atoms with Crippen molar-refractivity contribution in [2.75, 3.05) is 20.2 Å². The predicted molar refractivity (Wildman–Crippen MR) is 74.0 cm³/mol. The fourth-order valence-corrected chi connectivity index (χ4v) is 3.12. The van der Waals surface area contributed by atoms with Crippen LogP contribution in [0.15, 0.2) is 12.1 Å². The molecule has 1 aliphatic heterocycles. The van der Waals surface area contributed by atoms with E-state index in [4.69, 9.17) is 21.1 Å². The molecule has 2 aliphatic rings. The molecule has 1 spiro atoms. The van der Waals surface area contributed by atoms with Gasteiger partial charge >= 0.3 is 0 Å². The maximum absolute atomic E-state index is 5.95. The van der Waals surface area contributed by atoms with Gasteiger partial charge in [-0.15, -0.1) is 0 Å². The largest absolute Gasteiger partial charge is 0.480 e. The minimum atomic E-state index is 0.268. The second-order valence-electron chi connectivity index (χ2n) is 5.56. The van der Waals surface area contributed by atoms with Crippen molar-refractivity contribution in [3.8, 4) is 11.8 Å². The van der Waals surface area contributed by atoms with Gasteiger partial charge in [-0.3, -0.25) is 0 Å². The monoisotopic (exact) mass is 282 g/mol. The average Bonchev–Trinajstić information content (AvgIpc) is 2.40. The standard InChI is InChI=1S/C14H19ClN2O2/c1-18-13-11(15)2-3-12(17-13)19-10-4-6-14(7-5-10)8-16-9-14/h2-3,10,16H,4-9H2,1H3. The predicted octanol–water partition coefficient (Wildman–Crippen LogP) is 2.65. The molecule has 2 heterocycles. The van der Waals surface area contributed by atoms with Gasteiger partial charge in [0.2, 0.25) is 11.8 Å². The Morgan fingerprint density at radius 3 is 2.63 bits per heavy atom. The third-order valence-corrected chi connectivity index (χ3v) is 4.55. The fraction of sp³-hybridized carbons (Fsp3) is 0.643. The van der Waals surface area contributed by atoms with E-state index in [2.05, 4.69) is 10.3 Å². The highest BCUT2D eigenvalue weighted by molar-refractivity contribution is 6.31. The molecule has 3 rings (SSSR count). The fourth-order valence-electron chi connectivity index (χ4n) is 2.94. The Morgan fingerprint density at radius 1 is 1.32 bits per heavy atom. The molecule has 1 N–H and O–H groups in total. The lowest BCUT2D eigenvalue weighted by Crippen LogP contribution is -2.55. The van der Waals surface area contributed by atoms with Gasteiger partial charge in [0.15, 0.2) is 0 Å². The number of rotatable bonds is 3. The third kappa shape index (κ3) is 2.65. The quantitative estimate of drug-likeness (QED) is 0.926. The van der Waals surface area contributed by atoms with Crippen LogP contribution >= 0.6 is 11.6 Å². The van der Waals surface area contributed by atoms with Crippen molar-refractivity contribution in [1.82, 2.24) is 10.3 Å². The van der Waals surface area contributed by atoms with E-state index >= 15 is 0 Å². The molecule has 0 aromatic carbocycles. The molecule has 0 bridgehead atoms. The molecule has 0 amide bonds. The molecule has 1 saturated heterocycles. The summed E-state index contributed by atoms with van der Waals surface area (Å²) >= 11 is 5.95. The van der Waals surface area contributed by atoms with Crippen LogP contribution in [0.2, 0.25) is 5.02 Å². The Kier molecular flexibility index (Phi) is 3.54. The summed E-state index contributed by atoms with van der Waals surface area (Å²) in [6.07, 6.45) is 4.97. The van der Waals surface area contributed by atoms with Gasteiger partial charge in [-0.1, -0.05) is 11.6 Å². The van der Waals surface area contributed by atoms with Gasteiger partial charge in [-0.25, -0.2) is 0 Å². The van der Waals surface area contributed by atoms with Gasteiger partial charge in [-0.05, 0) is 37.2 Å². The first-order valence-electron chi connectivity index (χ1n) is 6.79. The normalized spacial score (nSPS) is 22.0. The maximum atomic E-state index is 5.95. The molecular formula is C14H19ClN2O2. The molecule has 1 aromatic rings. The first kappa shape index (κ1) is 13.0.